The van der Waals surface area contributed by atoms with E-state index in [9.17, 15) is 18.0 Å². The molecule has 96 valence electrons. The predicted molar refractivity (Wildman–Crippen MR) is 56.9 cm³/mol. The van der Waals surface area contributed by atoms with Gasteiger partial charge in [-0.1, -0.05) is 13.2 Å². The second kappa shape index (κ2) is 6.81. The van der Waals surface area contributed by atoms with Crippen LogP contribution in [-0.4, -0.2) is 32.7 Å². The van der Waals surface area contributed by atoms with E-state index in [1.54, 1.807) is 0 Å². The molecule has 0 rings (SSSR count). The average Bonchev–Trinajstić information content (AvgIpc) is 2.15. The summed E-state index contributed by atoms with van der Waals surface area (Å²) in [7, 11) is -3.92. The van der Waals surface area contributed by atoms with Crippen LogP contribution in [0.25, 0.3) is 0 Å². The van der Waals surface area contributed by atoms with Crippen LogP contribution in [0.15, 0.2) is 25.7 Å². The molecule has 0 amide bonds. The number of rotatable bonds is 7. The van der Waals surface area contributed by atoms with E-state index >= 15 is 0 Å². The Hall–Kier alpha value is -1.67. The molecule has 1 unspecified atom stereocenters. The first-order valence-electron chi connectivity index (χ1n) is 4.30. The number of carbonyl (C=O) groups excluding carboxylic acids is 2. The van der Waals surface area contributed by atoms with Gasteiger partial charge in [-0.25, -0.2) is 4.79 Å². The van der Waals surface area contributed by atoms with E-state index in [-0.39, 0.29) is 0 Å². The molecule has 0 fully saturated rings. The topological polar surface area (TPSA) is 96.0 Å². The fraction of sp³-hybridized carbons (Fsp3) is 0.333. The minimum absolute atomic E-state index is 0.619. The van der Waals surface area contributed by atoms with Gasteiger partial charge in [-0.05, 0) is 0 Å². The van der Waals surface area contributed by atoms with Crippen molar-refractivity contribution in [3.63, 3.8) is 0 Å². The summed E-state index contributed by atoms with van der Waals surface area (Å²) in [5.41, 5.74) is 0. The summed E-state index contributed by atoms with van der Waals surface area (Å²) < 4.78 is 34.8. The van der Waals surface area contributed by atoms with E-state index in [0.29, 0.717) is 0 Å². The molecule has 0 heterocycles. The van der Waals surface area contributed by atoms with E-state index < -0.39 is 34.6 Å². The Morgan fingerprint density at radius 2 is 1.76 bits per heavy atom. The van der Waals surface area contributed by atoms with Gasteiger partial charge < -0.3 is 9.47 Å². The number of esters is 2. The Bertz CT molecular complexity index is 409. The van der Waals surface area contributed by atoms with Crippen LogP contribution in [0.5, 0.6) is 0 Å². The van der Waals surface area contributed by atoms with Crippen LogP contribution in [0.3, 0.4) is 0 Å². The first-order chi connectivity index (χ1) is 7.80. The summed E-state index contributed by atoms with van der Waals surface area (Å²) in [4.78, 5) is 22.3. The van der Waals surface area contributed by atoms with E-state index in [4.69, 9.17) is 0 Å². The first kappa shape index (κ1) is 15.3. The lowest BCUT2D eigenvalue weighted by Crippen LogP contribution is -2.30. The third kappa shape index (κ3) is 7.25. The minimum Gasteiger partial charge on any atom is -0.435 e. The molecule has 0 radical (unpaired) electrons. The largest absolute Gasteiger partial charge is 0.435 e. The molecule has 7 nitrogen and oxygen atoms in total. The van der Waals surface area contributed by atoms with Crippen molar-refractivity contribution in [1.82, 2.24) is 0 Å². The lowest BCUT2D eigenvalue weighted by molar-refractivity contribution is -0.152. The molecule has 17 heavy (non-hydrogen) atoms. The summed E-state index contributed by atoms with van der Waals surface area (Å²) in [5, 5.41) is 0. The molecule has 8 heteroatoms. The highest BCUT2D eigenvalue weighted by molar-refractivity contribution is 7.86. The van der Waals surface area contributed by atoms with Crippen LogP contribution < -0.4 is 0 Å². The average molecular weight is 264 g/mol. The molecule has 0 aromatic rings. The van der Waals surface area contributed by atoms with Gasteiger partial charge in [-0.3, -0.25) is 8.98 Å². The zero-order valence-electron chi connectivity index (χ0n) is 9.12. The van der Waals surface area contributed by atoms with Gasteiger partial charge in [-0.15, -0.1) is 0 Å². The lowest BCUT2D eigenvalue weighted by Gasteiger charge is -2.12. The highest BCUT2D eigenvalue weighted by Crippen LogP contribution is 2.07. The summed E-state index contributed by atoms with van der Waals surface area (Å²) in [6.07, 6.45) is 0.139. The third-order valence-corrected chi connectivity index (χ3v) is 1.90. The van der Waals surface area contributed by atoms with Crippen LogP contribution >= 0.6 is 0 Å². The molecular formula is C9H12O7S. The number of carbonyl (C=O) groups is 2. The van der Waals surface area contributed by atoms with E-state index in [0.717, 1.165) is 18.8 Å². The highest BCUT2D eigenvalue weighted by Gasteiger charge is 2.28. The summed E-state index contributed by atoms with van der Waals surface area (Å²) in [6, 6.07) is 0. The Morgan fingerprint density at radius 1 is 1.24 bits per heavy atom. The summed E-state index contributed by atoms with van der Waals surface area (Å²) in [6.45, 7) is 6.24. The van der Waals surface area contributed by atoms with Gasteiger partial charge in [0.2, 0.25) is 0 Å². The fourth-order valence-electron chi connectivity index (χ4n) is 0.818. The fourth-order valence-corrected chi connectivity index (χ4v) is 1.39. The maximum Gasteiger partial charge on any atom is 0.342 e. The van der Waals surface area contributed by atoms with Crippen LogP contribution in [0.2, 0.25) is 0 Å². The number of hydrogen-bond donors (Lipinski definition) is 0. The Morgan fingerprint density at radius 3 is 2.18 bits per heavy atom. The van der Waals surface area contributed by atoms with Gasteiger partial charge in [0, 0.05) is 0 Å². The lowest BCUT2D eigenvalue weighted by atomic mass is 10.2. The van der Waals surface area contributed by atoms with Gasteiger partial charge >= 0.3 is 11.9 Å². The SMILES string of the molecule is C=COC(=O)CC(OS(C)(=O)=O)C(=O)OC=C. The van der Waals surface area contributed by atoms with Crippen molar-refractivity contribution in [2.75, 3.05) is 6.26 Å². The summed E-state index contributed by atoms with van der Waals surface area (Å²) in [5.74, 6) is -1.94. The Labute approximate surface area is 98.8 Å². The quantitative estimate of drug-likeness (QED) is 0.365. The zero-order valence-corrected chi connectivity index (χ0v) is 9.94. The molecule has 0 aliphatic carbocycles. The molecule has 0 saturated carbocycles. The van der Waals surface area contributed by atoms with Gasteiger partial charge in [0.1, 0.15) is 0 Å². The van der Waals surface area contributed by atoms with Crippen molar-refractivity contribution in [3.8, 4) is 0 Å². The molecular weight excluding hydrogens is 252 g/mol. The van der Waals surface area contributed by atoms with Gasteiger partial charge in [-0.2, -0.15) is 8.42 Å². The van der Waals surface area contributed by atoms with E-state index in [2.05, 4.69) is 26.8 Å². The van der Waals surface area contributed by atoms with Crippen molar-refractivity contribution in [2.24, 2.45) is 0 Å². The van der Waals surface area contributed by atoms with Crippen molar-refractivity contribution in [1.29, 1.82) is 0 Å². The molecule has 0 aromatic carbocycles. The van der Waals surface area contributed by atoms with Crippen LogP contribution in [-0.2, 0) is 33.4 Å². The summed E-state index contributed by atoms with van der Waals surface area (Å²) >= 11 is 0. The number of hydrogen-bond acceptors (Lipinski definition) is 7. The maximum absolute atomic E-state index is 11.2. The highest BCUT2D eigenvalue weighted by atomic mass is 32.2. The second-order valence-corrected chi connectivity index (χ2v) is 4.35. The smallest absolute Gasteiger partial charge is 0.342 e. The zero-order chi connectivity index (χ0) is 13.5. The van der Waals surface area contributed by atoms with Crippen molar-refractivity contribution in [3.05, 3.63) is 25.7 Å². The molecule has 0 spiro atoms. The molecule has 0 N–H and O–H groups in total. The van der Waals surface area contributed by atoms with E-state index in [1.807, 2.05) is 0 Å². The van der Waals surface area contributed by atoms with Gasteiger partial charge in [0.15, 0.2) is 6.10 Å². The van der Waals surface area contributed by atoms with Crippen LogP contribution in [0.4, 0.5) is 0 Å². The van der Waals surface area contributed by atoms with Crippen molar-refractivity contribution < 1.29 is 31.7 Å². The monoisotopic (exact) mass is 264 g/mol. The Balaban J connectivity index is 4.72. The third-order valence-electron chi connectivity index (χ3n) is 1.32. The molecule has 0 bridgehead atoms. The normalized spacial score (nSPS) is 12.3. The predicted octanol–water partition coefficient (Wildman–Crippen LogP) is 0.0947. The van der Waals surface area contributed by atoms with Crippen LogP contribution in [0, 0.1) is 0 Å². The molecule has 0 aliphatic rings. The number of ether oxygens (including phenoxy) is 2. The molecule has 1 atom stereocenters. The molecule has 0 aliphatic heterocycles. The maximum atomic E-state index is 11.2. The standard InChI is InChI=1S/C9H12O7S/c1-4-14-8(10)6-7(9(11)15-5-2)16-17(3,12)13/h4-5,7H,1-2,6H2,3H3. The minimum atomic E-state index is -3.92. The van der Waals surface area contributed by atoms with Gasteiger partial charge in [0.25, 0.3) is 10.1 Å². The molecule has 0 saturated heterocycles. The van der Waals surface area contributed by atoms with E-state index in [1.165, 1.54) is 0 Å². The van der Waals surface area contributed by atoms with Crippen molar-refractivity contribution in [2.45, 2.75) is 12.5 Å². The molecule has 0 aromatic heterocycles. The van der Waals surface area contributed by atoms with Gasteiger partial charge in [0.05, 0.1) is 25.2 Å². The first-order valence-corrected chi connectivity index (χ1v) is 6.12. The van der Waals surface area contributed by atoms with Crippen LogP contribution in [0.1, 0.15) is 6.42 Å². The second-order valence-electron chi connectivity index (χ2n) is 2.75. The Kier molecular flexibility index (Phi) is 6.15. The van der Waals surface area contributed by atoms with Crippen molar-refractivity contribution >= 4 is 22.1 Å².